The number of benzene rings is 2. The number of carbonyl (C=O) groups is 1. The maximum absolute atomic E-state index is 13.7. The number of rotatable bonds is 5. The summed E-state index contributed by atoms with van der Waals surface area (Å²) in [5.41, 5.74) is 0.578. The molecule has 0 bridgehead atoms. The summed E-state index contributed by atoms with van der Waals surface area (Å²) >= 11 is 0. The largest absolute Gasteiger partial charge is 0.508 e. The molecule has 6 nitrogen and oxygen atoms in total. The van der Waals surface area contributed by atoms with Gasteiger partial charge in [0.1, 0.15) is 17.1 Å². The van der Waals surface area contributed by atoms with Crippen molar-refractivity contribution >= 4 is 16.9 Å². The molecule has 0 spiro atoms. The SMILES string of the molecule is COCCCN1C(=O)c2oc3ccc(F)cc3c(=O)c2C1c1ccc(O)cc1. The lowest BCUT2D eigenvalue weighted by Gasteiger charge is -2.25. The molecule has 1 unspecified atom stereocenters. The predicted molar refractivity (Wildman–Crippen MR) is 99.9 cm³/mol. The highest BCUT2D eigenvalue weighted by Gasteiger charge is 2.42. The molecule has 0 aliphatic carbocycles. The molecule has 1 amide bonds. The molecule has 1 atom stereocenters. The second-order valence-corrected chi connectivity index (χ2v) is 6.65. The molecule has 4 rings (SSSR count). The number of fused-ring (bicyclic) bond motifs is 2. The molecule has 1 aliphatic rings. The number of methoxy groups -OCH3 is 1. The van der Waals surface area contributed by atoms with Gasteiger partial charge in [0.2, 0.25) is 5.76 Å². The van der Waals surface area contributed by atoms with Crippen LogP contribution in [0, 0.1) is 5.82 Å². The molecule has 144 valence electrons. The van der Waals surface area contributed by atoms with Gasteiger partial charge in [-0.2, -0.15) is 0 Å². The molecule has 1 aliphatic heterocycles. The van der Waals surface area contributed by atoms with Gasteiger partial charge in [-0.05, 0) is 42.3 Å². The number of hydrogen-bond donors (Lipinski definition) is 1. The van der Waals surface area contributed by atoms with Crippen molar-refractivity contribution in [2.75, 3.05) is 20.3 Å². The van der Waals surface area contributed by atoms with Gasteiger partial charge in [0.25, 0.3) is 5.91 Å². The molecule has 0 saturated heterocycles. The van der Waals surface area contributed by atoms with Gasteiger partial charge in [-0.25, -0.2) is 4.39 Å². The van der Waals surface area contributed by atoms with Crippen LogP contribution in [0.25, 0.3) is 11.0 Å². The van der Waals surface area contributed by atoms with Crippen molar-refractivity contribution in [3.05, 3.63) is 75.4 Å². The number of aromatic hydroxyl groups is 1. The van der Waals surface area contributed by atoms with Gasteiger partial charge in [0, 0.05) is 20.3 Å². The highest BCUT2D eigenvalue weighted by molar-refractivity contribution is 5.99. The van der Waals surface area contributed by atoms with Crippen molar-refractivity contribution in [2.45, 2.75) is 12.5 Å². The quantitative estimate of drug-likeness (QED) is 0.685. The molecular formula is C21H18FNO5. The van der Waals surface area contributed by atoms with Crippen molar-refractivity contribution in [3.8, 4) is 5.75 Å². The van der Waals surface area contributed by atoms with E-state index in [1.165, 1.54) is 24.3 Å². The van der Waals surface area contributed by atoms with E-state index in [-0.39, 0.29) is 28.0 Å². The predicted octanol–water partition coefficient (Wildman–Crippen LogP) is 3.22. The fraction of sp³-hybridized carbons (Fsp3) is 0.238. The lowest BCUT2D eigenvalue weighted by molar-refractivity contribution is 0.0708. The van der Waals surface area contributed by atoms with Crippen LogP contribution in [0.4, 0.5) is 4.39 Å². The molecule has 0 fully saturated rings. The number of hydrogen-bond acceptors (Lipinski definition) is 5. The lowest BCUT2D eigenvalue weighted by atomic mass is 9.98. The molecule has 1 aromatic heterocycles. The number of carbonyl (C=O) groups excluding carboxylic acids is 1. The number of phenols is 1. The van der Waals surface area contributed by atoms with E-state index in [0.29, 0.717) is 25.1 Å². The lowest BCUT2D eigenvalue weighted by Crippen LogP contribution is -2.31. The van der Waals surface area contributed by atoms with Gasteiger partial charge >= 0.3 is 0 Å². The van der Waals surface area contributed by atoms with Gasteiger partial charge in [0.05, 0.1) is 17.0 Å². The van der Waals surface area contributed by atoms with Crippen molar-refractivity contribution in [1.29, 1.82) is 0 Å². The first-order valence-electron chi connectivity index (χ1n) is 8.86. The Morgan fingerprint density at radius 2 is 1.93 bits per heavy atom. The van der Waals surface area contributed by atoms with Gasteiger partial charge in [-0.3, -0.25) is 9.59 Å². The van der Waals surface area contributed by atoms with Crippen LogP contribution in [-0.2, 0) is 4.74 Å². The third-order valence-electron chi connectivity index (χ3n) is 4.88. The standard InChI is InChI=1S/C21H18FNO5/c1-27-10-2-9-23-18(12-3-6-14(24)7-4-12)17-19(25)15-11-13(22)5-8-16(15)28-20(17)21(23)26/h3-8,11,18,24H,2,9-10H2,1H3. The average Bonchev–Trinajstić information content (AvgIpc) is 2.96. The number of phenolic OH excluding ortho intramolecular Hbond substituents is 1. The Labute approximate surface area is 159 Å². The van der Waals surface area contributed by atoms with Gasteiger partial charge in [-0.15, -0.1) is 0 Å². The number of halogens is 1. The first-order valence-corrected chi connectivity index (χ1v) is 8.86. The highest BCUT2D eigenvalue weighted by atomic mass is 19.1. The molecule has 7 heteroatoms. The maximum atomic E-state index is 13.7. The zero-order valence-corrected chi connectivity index (χ0v) is 15.1. The molecule has 0 radical (unpaired) electrons. The Morgan fingerprint density at radius 1 is 1.18 bits per heavy atom. The Kier molecular flexibility index (Phi) is 4.60. The molecule has 2 aromatic carbocycles. The topological polar surface area (TPSA) is 80.0 Å². The van der Waals surface area contributed by atoms with E-state index in [1.807, 2.05) is 0 Å². The van der Waals surface area contributed by atoms with E-state index in [2.05, 4.69) is 0 Å². The van der Waals surface area contributed by atoms with E-state index in [9.17, 15) is 19.1 Å². The van der Waals surface area contributed by atoms with Crippen LogP contribution >= 0.6 is 0 Å². The monoisotopic (exact) mass is 383 g/mol. The van der Waals surface area contributed by atoms with Crippen LogP contribution in [-0.4, -0.2) is 36.2 Å². The zero-order valence-electron chi connectivity index (χ0n) is 15.1. The normalized spacial score (nSPS) is 16.0. The summed E-state index contributed by atoms with van der Waals surface area (Å²) in [6.45, 7) is 0.809. The van der Waals surface area contributed by atoms with Crippen LogP contribution in [0.15, 0.2) is 51.7 Å². The van der Waals surface area contributed by atoms with Crippen molar-refractivity contribution in [2.24, 2.45) is 0 Å². The minimum absolute atomic E-state index is 0.0281. The molecule has 28 heavy (non-hydrogen) atoms. The summed E-state index contributed by atoms with van der Waals surface area (Å²) in [7, 11) is 1.57. The minimum atomic E-state index is -0.677. The minimum Gasteiger partial charge on any atom is -0.508 e. The Bertz CT molecular complexity index is 1110. The van der Waals surface area contributed by atoms with Crippen molar-refractivity contribution in [1.82, 2.24) is 4.90 Å². The maximum Gasteiger partial charge on any atom is 0.290 e. The van der Waals surface area contributed by atoms with Crippen molar-refractivity contribution < 1.29 is 23.4 Å². The smallest absolute Gasteiger partial charge is 0.290 e. The summed E-state index contributed by atoms with van der Waals surface area (Å²) in [6, 6.07) is 9.27. The second kappa shape index (κ2) is 7.09. The average molecular weight is 383 g/mol. The Balaban J connectivity index is 1.92. The highest BCUT2D eigenvalue weighted by Crippen LogP contribution is 2.38. The molecular weight excluding hydrogens is 365 g/mol. The summed E-state index contributed by atoms with van der Waals surface area (Å²) in [5, 5.41) is 9.69. The van der Waals surface area contributed by atoms with E-state index >= 15 is 0 Å². The third kappa shape index (κ3) is 2.93. The Hall–Kier alpha value is -3.19. The zero-order chi connectivity index (χ0) is 19.8. The van der Waals surface area contributed by atoms with E-state index in [4.69, 9.17) is 9.15 Å². The number of amides is 1. The number of ether oxygens (including phenoxy) is 1. The molecule has 3 aromatic rings. The fourth-order valence-electron chi connectivity index (χ4n) is 3.61. The fourth-order valence-corrected chi connectivity index (χ4v) is 3.61. The molecule has 2 heterocycles. The number of nitrogens with zero attached hydrogens (tertiary/aromatic N) is 1. The van der Waals surface area contributed by atoms with Crippen LogP contribution < -0.4 is 5.43 Å². The van der Waals surface area contributed by atoms with E-state index in [0.717, 1.165) is 6.07 Å². The second-order valence-electron chi connectivity index (χ2n) is 6.65. The van der Waals surface area contributed by atoms with Gasteiger partial charge in [0.15, 0.2) is 5.43 Å². The molecule has 0 saturated carbocycles. The summed E-state index contributed by atoms with van der Waals surface area (Å²) in [4.78, 5) is 27.7. The third-order valence-corrected chi connectivity index (χ3v) is 4.88. The van der Waals surface area contributed by atoms with Crippen LogP contribution in [0.1, 0.15) is 34.1 Å². The summed E-state index contributed by atoms with van der Waals surface area (Å²) < 4.78 is 24.5. The van der Waals surface area contributed by atoms with Crippen LogP contribution in [0.3, 0.4) is 0 Å². The van der Waals surface area contributed by atoms with Crippen LogP contribution in [0.5, 0.6) is 5.75 Å². The van der Waals surface area contributed by atoms with Gasteiger partial charge < -0.3 is 19.2 Å². The van der Waals surface area contributed by atoms with E-state index in [1.54, 1.807) is 24.1 Å². The van der Waals surface area contributed by atoms with Crippen LogP contribution in [0.2, 0.25) is 0 Å². The van der Waals surface area contributed by atoms with E-state index < -0.39 is 23.2 Å². The first kappa shape index (κ1) is 18.2. The molecule has 1 N–H and O–H groups in total. The first-order chi connectivity index (χ1) is 13.5. The summed E-state index contributed by atoms with van der Waals surface area (Å²) in [5.74, 6) is -0.902. The summed E-state index contributed by atoms with van der Waals surface area (Å²) in [6.07, 6.45) is 0.577. The Morgan fingerprint density at radius 3 is 2.64 bits per heavy atom. The van der Waals surface area contributed by atoms with Gasteiger partial charge in [-0.1, -0.05) is 12.1 Å². The van der Waals surface area contributed by atoms with Crippen molar-refractivity contribution in [3.63, 3.8) is 0 Å².